The third kappa shape index (κ3) is 4.22. The van der Waals surface area contributed by atoms with Crippen LogP contribution in [0.1, 0.15) is 25.5 Å². The van der Waals surface area contributed by atoms with E-state index in [0.29, 0.717) is 30.3 Å². The summed E-state index contributed by atoms with van der Waals surface area (Å²) in [5.74, 6) is 0.308. The Morgan fingerprint density at radius 2 is 2.15 bits per heavy atom. The Morgan fingerprint density at radius 1 is 1.45 bits per heavy atom. The Morgan fingerprint density at radius 3 is 2.70 bits per heavy atom. The number of rotatable bonds is 9. The van der Waals surface area contributed by atoms with Gasteiger partial charge in [0.1, 0.15) is 4.90 Å². The molecule has 116 valence electrons. The summed E-state index contributed by atoms with van der Waals surface area (Å²) in [6.07, 6.45) is 3.27. The topological polar surface area (TPSA) is 51.5 Å². The fraction of sp³-hybridized carbons (Fsp3) is 0.692. The highest BCUT2D eigenvalue weighted by molar-refractivity contribution is 7.89. The molecule has 1 rings (SSSR count). The second-order valence-electron chi connectivity index (χ2n) is 4.67. The summed E-state index contributed by atoms with van der Waals surface area (Å²) in [4.78, 5) is 0.307. The average Bonchev–Trinajstić information content (AvgIpc) is 2.83. The van der Waals surface area contributed by atoms with Crippen LogP contribution < -0.4 is 0 Å². The Balaban J connectivity index is 2.91. The van der Waals surface area contributed by atoms with Crippen molar-refractivity contribution in [2.24, 2.45) is 0 Å². The zero-order valence-electron chi connectivity index (χ0n) is 12.3. The lowest BCUT2D eigenvalue weighted by atomic mass is 10.4. The molecule has 0 aliphatic heterocycles. The Bertz CT molecular complexity index is 514. The normalized spacial score (nSPS) is 12.2. The molecule has 0 aliphatic carbocycles. The molecule has 7 heteroatoms. The van der Waals surface area contributed by atoms with Gasteiger partial charge >= 0.3 is 0 Å². The smallest absolute Gasteiger partial charge is 0.244 e. The fourth-order valence-electron chi connectivity index (χ4n) is 1.96. The van der Waals surface area contributed by atoms with Crippen LogP contribution in [-0.2, 0) is 27.2 Å². The van der Waals surface area contributed by atoms with Gasteiger partial charge in [-0.25, -0.2) is 12.7 Å². The fourth-order valence-corrected chi connectivity index (χ4v) is 3.46. The number of sulfonamides is 1. The van der Waals surface area contributed by atoms with Crippen LogP contribution in [0.15, 0.2) is 17.2 Å². The summed E-state index contributed by atoms with van der Waals surface area (Å²) in [6.45, 7) is 3.79. The molecule has 1 heterocycles. The van der Waals surface area contributed by atoms with Gasteiger partial charge in [0.05, 0.1) is 5.88 Å². The van der Waals surface area contributed by atoms with E-state index < -0.39 is 10.0 Å². The van der Waals surface area contributed by atoms with E-state index in [2.05, 4.69) is 0 Å². The van der Waals surface area contributed by atoms with Crippen LogP contribution >= 0.6 is 11.6 Å². The van der Waals surface area contributed by atoms with Gasteiger partial charge in [0.25, 0.3) is 0 Å². The molecule has 0 bridgehead atoms. The van der Waals surface area contributed by atoms with Crippen LogP contribution in [-0.4, -0.2) is 44.6 Å². The number of ether oxygens (including phenoxy) is 1. The molecule has 1 aromatic heterocycles. The van der Waals surface area contributed by atoms with Gasteiger partial charge in [-0.05, 0) is 18.9 Å². The van der Waals surface area contributed by atoms with Gasteiger partial charge in [-0.15, -0.1) is 11.6 Å². The summed E-state index contributed by atoms with van der Waals surface area (Å²) in [7, 11) is -0.262. The average molecular weight is 323 g/mol. The number of alkyl halides is 1. The van der Waals surface area contributed by atoms with Crippen molar-refractivity contribution in [2.75, 3.05) is 27.3 Å². The van der Waals surface area contributed by atoms with Crippen LogP contribution in [0.2, 0.25) is 0 Å². The minimum absolute atomic E-state index is 0.307. The number of hydrogen-bond acceptors (Lipinski definition) is 3. The number of methoxy groups -OCH3 is 1. The van der Waals surface area contributed by atoms with Gasteiger partial charge < -0.3 is 9.30 Å². The van der Waals surface area contributed by atoms with Gasteiger partial charge in [-0.1, -0.05) is 6.92 Å². The molecule has 0 saturated carbocycles. The van der Waals surface area contributed by atoms with Crippen molar-refractivity contribution in [2.45, 2.75) is 37.1 Å². The summed E-state index contributed by atoms with van der Waals surface area (Å²) in [5.41, 5.74) is 0.831. The van der Waals surface area contributed by atoms with Crippen LogP contribution in [0.4, 0.5) is 0 Å². The predicted molar refractivity (Wildman–Crippen MR) is 80.6 cm³/mol. The Kier molecular flexibility index (Phi) is 7.02. The molecule has 0 aromatic carbocycles. The molecule has 0 N–H and O–H groups in total. The lowest BCUT2D eigenvalue weighted by Crippen LogP contribution is -2.28. The molecule has 0 amide bonds. The van der Waals surface area contributed by atoms with Crippen LogP contribution in [0, 0.1) is 0 Å². The molecule has 5 nitrogen and oxygen atoms in total. The van der Waals surface area contributed by atoms with Gasteiger partial charge in [0, 0.05) is 45.7 Å². The van der Waals surface area contributed by atoms with Gasteiger partial charge in [0.2, 0.25) is 10.0 Å². The van der Waals surface area contributed by atoms with E-state index >= 15 is 0 Å². The summed E-state index contributed by atoms with van der Waals surface area (Å²) in [6, 6.07) is 1.66. The van der Waals surface area contributed by atoms with E-state index in [1.807, 2.05) is 11.5 Å². The Hall–Kier alpha value is -0.560. The molecule has 0 saturated heterocycles. The highest BCUT2D eigenvalue weighted by Crippen LogP contribution is 2.20. The Labute approximate surface area is 126 Å². The molecule has 0 spiro atoms. The zero-order valence-corrected chi connectivity index (χ0v) is 13.9. The number of nitrogens with zero attached hydrogens (tertiary/aromatic N) is 2. The third-order valence-electron chi connectivity index (χ3n) is 3.09. The number of aryl methyl sites for hydroxylation is 1. The SMILES string of the molecule is CCCn1cc(S(=O)(=O)N(C)CCCOC)cc1CCl. The van der Waals surface area contributed by atoms with Crippen molar-refractivity contribution >= 4 is 21.6 Å². The molecule has 0 radical (unpaired) electrons. The molecule has 0 atom stereocenters. The van der Waals surface area contributed by atoms with E-state index in [0.717, 1.165) is 18.7 Å². The molecule has 1 aromatic rings. The second-order valence-corrected chi connectivity index (χ2v) is 6.98. The number of halogens is 1. The second kappa shape index (κ2) is 8.02. The minimum Gasteiger partial charge on any atom is -0.385 e. The molecule has 0 unspecified atom stereocenters. The highest BCUT2D eigenvalue weighted by atomic mass is 35.5. The van der Waals surface area contributed by atoms with Gasteiger partial charge in [-0.2, -0.15) is 0 Å². The summed E-state index contributed by atoms with van der Waals surface area (Å²) >= 11 is 5.87. The first-order valence-electron chi connectivity index (χ1n) is 6.67. The molecular weight excluding hydrogens is 300 g/mol. The monoisotopic (exact) mass is 322 g/mol. The van der Waals surface area contributed by atoms with Gasteiger partial charge in [-0.3, -0.25) is 0 Å². The van der Waals surface area contributed by atoms with E-state index in [1.165, 1.54) is 4.31 Å². The lowest BCUT2D eigenvalue weighted by molar-refractivity contribution is 0.189. The van der Waals surface area contributed by atoms with E-state index in [4.69, 9.17) is 16.3 Å². The number of aromatic nitrogens is 1. The van der Waals surface area contributed by atoms with Crippen molar-refractivity contribution in [1.82, 2.24) is 8.87 Å². The van der Waals surface area contributed by atoms with Gasteiger partial charge in [0.15, 0.2) is 0 Å². The first-order valence-corrected chi connectivity index (χ1v) is 8.65. The third-order valence-corrected chi connectivity index (χ3v) is 5.19. The van der Waals surface area contributed by atoms with Crippen LogP contribution in [0.3, 0.4) is 0 Å². The van der Waals surface area contributed by atoms with E-state index in [9.17, 15) is 8.42 Å². The quantitative estimate of drug-likeness (QED) is 0.518. The maximum atomic E-state index is 12.4. The maximum Gasteiger partial charge on any atom is 0.244 e. The molecule has 0 aliphatic rings. The maximum absolute atomic E-state index is 12.4. The standard InChI is InChI=1S/C13H23ClN2O3S/c1-4-6-16-11-13(9-12(16)10-14)20(17,18)15(2)7-5-8-19-3/h9,11H,4-8,10H2,1-3H3. The number of hydrogen-bond donors (Lipinski definition) is 0. The van der Waals surface area contributed by atoms with E-state index in [1.54, 1.807) is 26.4 Å². The van der Waals surface area contributed by atoms with Crippen molar-refractivity contribution in [3.8, 4) is 0 Å². The largest absolute Gasteiger partial charge is 0.385 e. The van der Waals surface area contributed by atoms with Crippen molar-refractivity contribution in [1.29, 1.82) is 0 Å². The zero-order chi connectivity index (χ0) is 15.2. The van der Waals surface area contributed by atoms with Crippen molar-refractivity contribution in [3.05, 3.63) is 18.0 Å². The summed E-state index contributed by atoms with van der Waals surface area (Å²) in [5, 5.41) is 0. The molecule has 0 fully saturated rings. The van der Waals surface area contributed by atoms with Crippen molar-refractivity contribution in [3.63, 3.8) is 0 Å². The van der Waals surface area contributed by atoms with E-state index in [-0.39, 0.29) is 0 Å². The van der Waals surface area contributed by atoms with Crippen LogP contribution in [0.25, 0.3) is 0 Å². The highest BCUT2D eigenvalue weighted by Gasteiger charge is 2.23. The van der Waals surface area contributed by atoms with Crippen LogP contribution in [0.5, 0.6) is 0 Å². The molecule has 20 heavy (non-hydrogen) atoms. The first-order chi connectivity index (χ1) is 9.47. The lowest BCUT2D eigenvalue weighted by Gasteiger charge is -2.15. The first kappa shape index (κ1) is 17.5. The predicted octanol–water partition coefficient (Wildman–Crippen LogP) is 2.29. The van der Waals surface area contributed by atoms with Crippen molar-refractivity contribution < 1.29 is 13.2 Å². The molecular formula is C13H23ClN2O3S. The summed E-state index contributed by atoms with van der Waals surface area (Å²) < 4.78 is 33.1. The minimum atomic E-state index is -3.45.